The van der Waals surface area contributed by atoms with E-state index in [-0.39, 0.29) is 11.8 Å². The number of aromatic nitrogens is 3. The molecule has 3 heterocycles. The highest BCUT2D eigenvalue weighted by molar-refractivity contribution is 5.96. The Morgan fingerprint density at radius 2 is 2.11 bits per heavy atom. The number of pyridine rings is 1. The zero-order valence-electron chi connectivity index (χ0n) is 15.5. The quantitative estimate of drug-likeness (QED) is 0.698. The fraction of sp³-hybridized carbons (Fsp3) is 0.381. The van der Waals surface area contributed by atoms with Crippen molar-refractivity contribution in [3.63, 3.8) is 0 Å². The Balaban J connectivity index is 1.52. The van der Waals surface area contributed by atoms with Crippen LogP contribution in [0.2, 0.25) is 0 Å². The Labute approximate surface area is 158 Å². The highest BCUT2D eigenvalue weighted by atomic mass is 16.5. The van der Waals surface area contributed by atoms with Crippen LogP contribution in [0.4, 0.5) is 0 Å². The van der Waals surface area contributed by atoms with Crippen LogP contribution >= 0.6 is 0 Å². The molecule has 1 fully saturated rings. The number of hydrogen-bond acceptors (Lipinski definition) is 4. The highest BCUT2D eigenvalue weighted by Gasteiger charge is 2.28. The van der Waals surface area contributed by atoms with Gasteiger partial charge in [-0.15, -0.1) is 0 Å². The number of hydrogen-bond donors (Lipinski definition) is 0. The summed E-state index contributed by atoms with van der Waals surface area (Å²) in [6, 6.07) is 9.87. The number of nitrogens with zero attached hydrogens (tertiary/aromatic N) is 4. The molecule has 3 aromatic rings. The maximum absolute atomic E-state index is 13.0. The van der Waals surface area contributed by atoms with Crippen LogP contribution in [-0.4, -0.2) is 52.1 Å². The van der Waals surface area contributed by atoms with E-state index >= 15 is 0 Å². The number of amides is 1. The fourth-order valence-corrected chi connectivity index (χ4v) is 3.79. The van der Waals surface area contributed by atoms with Gasteiger partial charge in [0.2, 0.25) is 0 Å². The molecule has 0 unspecified atom stereocenters. The topological polar surface area (TPSA) is 60.2 Å². The second-order valence-electron chi connectivity index (χ2n) is 6.98. The summed E-state index contributed by atoms with van der Waals surface area (Å²) in [5, 5.41) is 2.09. The molecule has 1 aromatic carbocycles. The summed E-state index contributed by atoms with van der Waals surface area (Å²) < 4.78 is 7.32. The molecule has 0 spiro atoms. The molecular formula is C21H24N4O2. The minimum absolute atomic E-state index is 0.000417. The summed E-state index contributed by atoms with van der Waals surface area (Å²) in [6.45, 7) is 2.88. The number of rotatable bonds is 5. The van der Waals surface area contributed by atoms with Gasteiger partial charge < -0.3 is 14.2 Å². The van der Waals surface area contributed by atoms with Gasteiger partial charge in [-0.2, -0.15) is 0 Å². The van der Waals surface area contributed by atoms with Crippen molar-refractivity contribution >= 4 is 16.7 Å². The molecule has 2 aromatic heterocycles. The third kappa shape index (κ3) is 3.71. The lowest BCUT2D eigenvalue weighted by atomic mass is 9.96. The molecular weight excluding hydrogens is 340 g/mol. The molecule has 6 nitrogen and oxygen atoms in total. The van der Waals surface area contributed by atoms with Gasteiger partial charge in [-0.25, -0.2) is 4.98 Å². The van der Waals surface area contributed by atoms with Crippen LogP contribution in [0.5, 0.6) is 0 Å². The molecule has 27 heavy (non-hydrogen) atoms. The van der Waals surface area contributed by atoms with Crippen LogP contribution < -0.4 is 0 Å². The Hall–Kier alpha value is -2.73. The van der Waals surface area contributed by atoms with Gasteiger partial charge in [0.25, 0.3) is 5.91 Å². The summed E-state index contributed by atoms with van der Waals surface area (Å²) in [4.78, 5) is 23.9. The number of benzene rings is 1. The summed E-state index contributed by atoms with van der Waals surface area (Å²) in [5.41, 5.74) is 0.511. The molecule has 4 rings (SSSR count). The van der Waals surface area contributed by atoms with Crippen LogP contribution in [-0.2, 0) is 11.3 Å². The Bertz CT molecular complexity index is 937. The predicted octanol–water partition coefficient (Wildman–Crippen LogP) is 3.10. The average molecular weight is 364 g/mol. The number of ether oxygens (including phenoxy) is 1. The summed E-state index contributed by atoms with van der Waals surface area (Å²) in [5.74, 6) is 1.28. The normalized spacial score (nSPS) is 17.4. The third-order valence-corrected chi connectivity index (χ3v) is 5.21. The van der Waals surface area contributed by atoms with E-state index in [0.717, 1.165) is 42.5 Å². The number of fused-ring (bicyclic) bond motifs is 1. The van der Waals surface area contributed by atoms with E-state index in [0.29, 0.717) is 18.8 Å². The largest absolute Gasteiger partial charge is 0.383 e. The molecule has 1 aliphatic heterocycles. The molecule has 1 amide bonds. The lowest BCUT2D eigenvalue weighted by Gasteiger charge is -2.32. The van der Waals surface area contributed by atoms with E-state index in [4.69, 9.17) is 4.74 Å². The van der Waals surface area contributed by atoms with Crippen molar-refractivity contribution in [2.75, 3.05) is 26.8 Å². The summed E-state index contributed by atoms with van der Waals surface area (Å²) >= 11 is 0. The number of likely N-dealkylation sites (tertiary alicyclic amines) is 1. The number of carbonyl (C=O) groups is 1. The second kappa shape index (κ2) is 7.88. The van der Waals surface area contributed by atoms with Crippen molar-refractivity contribution in [3.8, 4) is 0 Å². The first-order valence-corrected chi connectivity index (χ1v) is 9.40. The van der Waals surface area contributed by atoms with Crippen molar-refractivity contribution in [3.05, 3.63) is 60.4 Å². The summed E-state index contributed by atoms with van der Waals surface area (Å²) in [6.07, 6.45) is 7.61. The SMILES string of the molecule is COCCn1ccnc1[C@H]1CCCN(C(=O)c2cc3ccccc3cn2)C1. The van der Waals surface area contributed by atoms with E-state index in [2.05, 4.69) is 14.5 Å². The van der Waals surface area contributed by atoms with Crippen LogP contribution in [0.25, 0.3) is 10.8 Å². The zero-order chi connectivity index (χ0) is 18.6. The van der Waals surface area contributed by atoms with E-state index in [1.807, 2.05) is 47.6 Å². The first kappa shape index (κ1) is 17.7. The lowest BCUT2D eigenvalue weighted by Crippen LogP contribution is -2.40. The molecule has 0 radical (unpaired) electrons. The van der Waals surface area contributed by atoms with Crippen molar-refractivity contribution in [1.82, 2.24) is 19.4 Å². The van der Waals surface area contributed by atoms with Gasteiger partial charge >= 0.3 is 0 Å². The standard InChI is InChI=1S/C21H24N4O2/c1-27-12-11-24-10-8-22-20(24)18-7-4-9-25(15-18)21(26)19-13-16-5-2-3-6-17(16)14-23-19/h2-3,5-6,8,10,13-14,18H,4,7,9,11-12,15H2,1H3/t18-/m0/s1. The van der Waals surface area contributed by atoms with Crippen molar-refractivity contribution in [2.45, 2.75) is 25.3 Å². The molecule has 0 aliphatic carbocycles. The molecule has 1 aliphatic rings. The number of methoxy groups -OCH3 is 1. The first-order chi connectivity index (χ1) is 13.3. The number of carbonyl (C=O) groups excluding carboxylic acids is 1. The predicted molar refractivity (Wildman–Crippen MR) is 104 cm³/mol. The first-order valence-electron chi connectivity index (χ1n) is 9.40. The number of imidazole rings is 1. The van der Waals surface area contributed by atoms with Gasteiger partial charge in [-0.05, 0) is 24.3 Å². The monoisotopic (exact) mass is 364 g/mol. The maximum Gasteiger partial charge on any atom is 0.272 e. The van der Waals surface area contributed by atoms with Gasteiger partial charge in [0.15, 0.2) is 0 Å². The second-order valence-corrected chi connectivity index (χ2v) is 6.98. The Kier molecular flexibility index (Phi) is 5.16. The van der Waals surface area contributed by atoms with Gasteiger partial charge in [-0.1, -0.05) is 24.3 Å². The third-order valence-electron chi connectivity index (χ3n) is 5.21. The number of piperidine rings is 1. The van der Waals surface area contributed by atoms with Crippen molar-refractivity contribution in [2.24, 2.45) is 0 Å². The van der Waals surface area contributed by atoms with Crippen molar-refractivity contribution < 1.29 is 9.53 Å². The maximum atomic E-state index is 13.0. The minimum Gasteiger partial charge on any atom is -0.383 e. The molecule has 0 saturated carbocycles. The van der Waals surface area contributed by atoms with E-state index in [9.17, 15) is 4.79 Å². The van der Waals surface area contributed by atoms with Crippen LogP contribution in [0.1, 0.15) is 35.1 Å². The smallest absolute Gasteiger partial charge is 0.272 e. The van der Waals surface area contributed by atoms with Crippen molar-refractivity contribution in [1.29, 1.82) is 0 Å². The van der Waals surface area contributed by atoms with Gasteiger partial charge in [0.1, 0.15) is 11.5 Å². The minimum atomic E-state index is 0.000417. The fourth-order valence-electron chi connectivity index (χ4n) is 3.79. The molecule has 1 saturated heterocycles. The molecule has 0 N–H and O–H groups in total. The zero-order valence-corrected chi connectivity index (χ0v) is 15.5. The van der Waals surface area contributed by atoms with Gasteiger partial charge in [0, 0.05) is 56.6 Å². The van der Waals surface area contributed by atoms with E-state index in [1.54, 1.807) is 13.3 Å². The van der Waals surface area contributed by atoms with Gasteiger partial charge in [-0.3, -0.25) is 9.78 Å². The molecule has 0 bridgehead atoms. The van der Waals surface area contributed by atoms with Crippen LogP contribution in [0.15, 0.2) is 48.9 Å². The molecule has 140 valence electrons. The van der Waals surface area contributed by atoms with Crippen LogP contribution in [0, 0.1) is 0 Å². The highest BCUT2D eigenvalue weighted by Crippen LogP contribution is 2.27. The Morgan fingerprint density at radius 3 is 2.96 bits per heavy atom. The summed E-state index contributed by atoms with van der Waals surface area (Å²) in [7, 11) is 1.70. The van der Waals surface area contributed by atoms with E-state index in [1.165, 1.54) is 0 Å². The van der Waals surface area contributed by atoms with Crippen LogP contribution in [0.3, 0.4) is 0 Å². The average Bonchev–Trinajstić information content (AvgIpc) is 3.20. The molecule has 6 heteroatoms. The Morgan fingerprint density at radius 1 is 1.26 bits per heavy atom. The van der Waals surface area contributed by atoms with E-state index < -0.39 is 0 Å². The molecule has 1 atom stereocenters. The van der Waals surface area contributed by atoms with Gasteiger partial charge in [0.05, 0.1) is 6.61 Å². The lowest BCUT2D eigenvalue weighted by molar-refractivity contribution is 0.0697.